The molecule has 0 aromatic carbocycles. The molecule has 1 N–H and O–H groups in total. The molecule has 0 amide bonds. The van der Waals surface area contributed by atoms with Crippen LogP contribution < -0.4 is 5.32 Å². The number of hydrogen-bond acceptors (Lipinski definition) is 4. The summed E-state index contributed by atoms with van der Waals surface area (Å²) in [6.07, 6.45) is 2.00. The largest absolute Gasteiger partial charge is 0.311 e. The van der Waals surface area contributed by atoms with Crippen LogP contribution in [-0.4, -0.2) is 31.9 Å². The van der Waals surface area contributed by atoms with E-state index in [0.29, 0.717) is 5.25 Å². The van der Waals surface area contributed by atoms with Crippen molar-refractivity contribution in [3.63, 3.8) is 0 Å². The number of thioether (sulfide) groups is 1. The topological polar surface area (TPSA) is 42.2 Å². The lowest BCUT2D eigenvalue weighted by atomic mass is 10.1. The second kappa shape index (κ2) is 5.28. The molecule has 2 aromatic rings. The Hall–Kier alpha value is -1.07. The fraction of sp³-hybridized carbons (Fsp3) is 0.538. The molecule has 18 heavy (non-hydrogen) atoms. The normalized spacial score (nSPS) is 14.0. The first-order valence-electron chi connectivity index (χ1n) is 6.17. The molecule has 2 rings (SSSR count). The summed E-state index contributed by atoms with van der Waals surface area (Å²) in [6, 6.07) is 5.94. The van der Waals surface area contributed by atoms with Crippen LogP contribution in [0.5, 0.6) is 0 Å². The van der Waals surface area contributed by atoms with Gasteiger partial charge in [-0.15, -0.1) is 10.2 Å². The lowest BCUT2D eigenvalue weighted by Crippen LogP contribution is -2.39. The number of nitrogens with one attached hydrogen (secondary N) is 1. The Morgan fingerprint density at radius 3 is 2.83 bits per heavy atom. The maximum absolute atomic E-state index is 4.23. The molecule has 0 spiro atoms. The Bertz CT molecular complexity index is 515. The highest BCUT2D eigenvalue weighted by atomic mass is 32.2. The quantitative estimate of drug-likeness (QED) is 0.862. The average Bonchev–Trinajstić information content (AvgIpc) is 2.70. The van der Waals surface area contributed by atoms with E-state index in [1.165, 1.54) is 0 Å². The summed E-state index contributed by atoms with van der Waals surface area (Å²) >= 11 is 1.75. The van der Waals surface area contributed by atoms with Gasteiger partial charge in [0, 0.05) is 23.5 Å². The van der Waals surface area contributed by atoms with Crippen molar-refractivity contribution in [3.8, 4) is 0 Å². The van der Waals surface area contributed by atoms with Crippen LogP contribution in [0.1, 0.15) is 27.7 Å². The van der Waals surface area contributed by atoms with Gasteiger partial charge in [0.05, 0.1) is 0 Å². The molecule has 98 valence electrons. The lowest BCUT2D eigenvalue weighted by molar-refractivity contribution is 0.429. The molecule has 0 aliphatic rings. The van der Waals surface area contributed by atoms with Crippen molar-refractivity contribution < 1.29 is 0 Å². The second-order valence-corrected chi connectivity index (χ2v) is 6.88. The van der Waals surface area contributed by atoms with Gasteiger partial charge in [0.1, 0.15) is 0 Å². The molecule has 0 saturated heterocycles. The van der Waals surface area contributed by atoms with Gasteiger partial charge in [-0.2, -0.15) is 0 Å². The van der Waals surface area contributed by atoms with Crippen molar-refractivity contribution in [3.05, 3.63) is 24.4 Å². The minimum atomic E-state index is 0.154. The van der Waals surface area contributed by atoms with Gasteiger partial charge in [0.2, 0.25) is 0 Å². The van der Waals surface area contributed by atoms with Gasteiger partial charge in [-0.3, -0.25) is 4.40 Å². The fourth-order valence-electron chi connectivity index (χ4n) is 1.57. The number of fused-ring (bicyclic) bond motifs is 1. The molecule has 0 bridgehead atoms. The number of nitrogens with zero attached hydrogens (tertiary/aromatic N) is 3. The zero-order valence-electron chi connectivity index (χ0n) is 11.3. The minimum Gasteiger partial charge on any atom is -0.311 e. The van der Waals surface area contributed by atoms with E-state index in [2.05, 4.69) is 43.2 Å². The Morgan fingerprint density at radius 2 is 2.11 bits per heavy atom. The molecular formula is C13H20N4S. The van der Waals surface area contributed by atoms with Crippen molar-refractivity contribution in [1.29, 1.82) is 0 Å². The first kappa shape index (κ1) is 13.4. The highest BCUT2D eigenvalue weighted by Crippen LogP contribution is 2.21. The fourth-order valence-corrected chi connectivity index (χ4v) is 2.45. The Balaban J connectivity index is 2.01. The van der Waals surface area contributed by atoms with E-state index in [9.17, 15) is 0 Å². The molecule has 2 heterocycles. The van der Waals surface area contributed by atoms with E-state index in [4.69, 9.17) is 0 Å². The first-order valence-corrected chi connectivity index (χ1v) is 7.05. The van der Waals surface area contributed by atoms with Crippen LogP contribution in [0.25, 0.3) is 5.65 Å². The summed E-state index contributed by atoms with van der Waals surface area (Å²) in [7, 11) is 0. The maximum atomic E-state index is 4.23. The third-order valence-electron chi connectivity index (χ3n) is 2.51. The van der Waals surface area contributed by atoms with Crippen LogP contribution in [0.3, 0.4) is 0 Å². The van der Waals surface area contributed by atoms with E-state index in [-0.39, 0.29) is 5.54 Å². The van der Waals surface area contributed by atoms with Gasteiger partial charge in [0.15, 0.2) is 10.8 Å². The SMILES string of the molecule is CC(CNC(C)(C)C)Sc1nnc2ccccn12. The number of aromatic nitrogens is 3. The van der Waals surface area contributed by atoms with Crippen LogP contribution in [0.4, 0.5) is 0 Å². The maximum Gasteiger partial charge on any atom is 0.195 e. The summed E-state index contributed by atoms with van der Waals surface area (Å²) in [6.45, 7) is 9.69. The molecule has 1 unspecified atom stereocenters. The molecule has 0 fully saturated rings. The van der Waals surface area contributed by atoms with Gasteiger partial charge >= 0.3 is 0 Å². The summed E-state index contributed by atoms with van der Waals surface area (Å²) in [4.78, 5) is 0. The van der Waals surface area contributed by atoms with Crippen molar-refractivity contribution in [2.24, 2.45) is 0 Å². The summed E-state index contributed by atoms with van der Waals surface area (Å²) < 4.78 is 2.03. The van der Waals surface area contributed by atoms with E-state index < -0.39 is 0 Å². The molecule has 0 radical (unpaired) electrons. The highest BCUT2D eigenvalue weighted by Gasteiger charge is 2.14. The van der Waals surface area contributed by atoms with Crippen LogP contribution in [-0.2, 0) is 0 Å². The molecular weight excluding hydrogens is 244 g/mol. The van der Waals surface area contributed by atoms with E-state index in [1.807, 2.05) is 28.8 Å². The van der Waals surface area contributed by atoms with E-state index in [1.54, 1.807) is 11.8 Å². The molecule has 2 aromatic heterocycles. The van der Waals surface area contributed by atoms with Crippen molar-refractivity contribution >= 4 is 17.4 Å². The summed E-state index contributed by atoms with van der Waals surface area (Å²) in [5, 5.41) is 13.3. The highest BCUT2D eigenvalue weighted by molar-refractivity contribution is 7.99. The molecule has 4 nitrogen and oxygen atoms in total. The van der Waals surface area contributed by atoms with Gasteiger partial charge in [0.25, 0.3) is 0 Å². The Morgan fingerprint density at radius 1 is 1.33 bits per heavy atom. The molecule has 0 saturated carbocycles. The van der Waals surface area contributed by atoms with Crippen LogP contribution >= 0.6 is 11.8 Å². The average molecular weight is 264 g/mol. The molecule has 0 aliphatic carbocycles. The zero-order valence-corrected chi connectivity index (χ0v) is 12.2. The van der Waals surface area contributed by atoms with Gasteiger partial charge in [-0.05, 0) is 32.9 Å². The van der Waals surface area contributed by atoms with Crippen molar-refractivity contribution in [1.82, 2.24) is 19.9 Å². The molecule has 0 aliphatic heterocycles. The van der Waals surface area contributed by atoms with Crippen molar-refractivity contribution in [2.45, 2.75) is 43.6 Å². The summed E-state index contributed by atoms with van der Waals surface area (Å²) in [5.74, 6) is 0. The Labute approximate surface area is 112 Å². The van der Waals surface area contributed by atoms with E-state index in [0.717, 1.165) is 17.3 Å². The van der Waals surface area contributed by atoms with Crippen LogP contribution in [0, 0.1) is 0 Å². The Kier molecular flexibility index (Phi) is 3.92. The number of rotatable bonds is 4. The third-order valence-corrected chi connectivity index (χ3v) is 3.57. The standard InChI is InChI=1S/C13H20N4S/c1-10(9-14-13(2,3)4)18-12-16-15-11-7-5-6-8-17(11)12/h5-8,10,14H,9H2,1-4H3. The second-order valence-electron chi connectivity index (χ2n) is 5.47. The molecule has 1 atom stereocenters. The van der Waals surface area contributed by atoms with Crippen LogP contribution in [0.15, 0.2) is 29.6 Å². The minimum absolute atomic E-state index is 0.154. The monoisotopic (exact) mass is 264 g/mol. The number of hydrogen-bond donors (Lipinski definition) is 1. The predicted octanol–water partition coefficient (Wildman–Crippen LogP) is 2.60. The first-order chi connectivity index (χ1) is 8.46. The van der Waals surface area contributed by atoms with Gasteiger partial charge < -0.3 is 5.32 Å². The van der Waals surface area contributed by atoms with Crippen LogP contribution in [0.2, 0.25) is 0 Å². The van der Waals surface area contributed by atoms with Gasteiger partial charge in [-0.1, -0.05) is 24.8 Å². The molecule has 5 heteroatoms. The lowest BCUT2D eigenvalue weighted by Gasteiger charge is -2.22. The zero-order chi connectivity index (χ0) is 13.2. The smallest absolute Gasteiger partial charge is 0.195 e. The van der Waals surface area contributed by atoms with E-state index >= 15 is 0 Å². The predicted molar refractivity (Wildman–Crippen MR) is 76.1 cm³/mol. The summed E-state index contributed by atoms with van der Waals surface area (Å²) in [5.41, 5.74) is 1.05. The van der Waals surface area contributed by atoms with Gasteiger partial charge in [-0.25, -0.2) is 0 Å². The third kappa shape index (κ3) is 3.46. The van der Waals surface area contributed by atoms with Crippen molar-refractivity contribution in [2.75, 3.05) is 6.54 Å². The number of pyridine rings is 1.